The summed E-state index contributed by atoms with van der Waals surface area (Å²) in [5.74, 6) is 0.742. The fourth-order valence-electron chi connectivity index (χ4n) is 1.67. The molecule has 0 saturated carbocycles. The van der Waals surface area contributed by atoms with E-state index in [1.165, 1.54) is 23.0 Å². The van der Waals surface area contributed by atoms with Gasteiger partial charge in [0.15, 0.2) is 5.75 Å². The summed E-state index contributed by atoms with van der Waals surface area (Å²) in [6, 6.07) is 3.51. The minimum atomic E-state index is -4.42. The minimum absolute atomic E-state index is 0.00566. The zero-order valence-electron chi connectivity index (χ0n) is 10.1. The molecule has 7 heteroatoms. The second-order valence-corrected chi connectivity index (χ2v) is 3.97. The summed E-state index contributed by atoms with van der Waals surface area (Å²) in [5, 5.41) is 3.90. The van der Waals surface area contributed by atoms with Crippen molar-refractivity contribution in [3.05, 3.63) is 41.7 Å². The van der Waals surface area contributed by atoms with Gasteiger partial charge in [-0.3, -0.25) is 4.68 Å². The van der Waals surface area contributed by atoms with Gasteiger partial charge in [-0.1, -0.05) is 0 Å². The number of ether oxygens (including phenoxy) is 1. The number of aromatic nitrogens is 2. The van der Waals surface area contributed by atoms with E-state index in [-0.39, 0.29) is 12.1 Å². The van der Waals surface area contributed by atoms with Crippen LogP contribution in [0.15, 0.2) is 30.6 Å². The number of nitrogens with zero attached hydrogens (tertiary/aromatic N) is 2. The highest BCUT2D eigenvalue weighted by Crippen LogP contribution is 2.34. The number of benzene rings is 1. The van der Waals surface area contributed by atoms with Crippen molar-refractivity contribution < 1.29 is 17.9 Å². The van der Waals surface area contributed by atoms with Gasteiger partial charge in [0.25, 0.3) is 0 Å². The first-order valence-electron chi connectivity index (χ1n) is 5.47. The van der Waals surface area contributed by atoms with E-state index in [1.54, 1.807) is 13.2 Å². The second kappa shape index (κ2) is 4.93. The summed E-state index contributed by atoms with van der Waals surface area (Å²) in [6.45, 7) is -0.209. The Morgan fingerprint density at radius 3 is 2.58 bits per heavy atom. The molecular formula is C12H12F3N3O. The first kappa shape index (κ1) is 13.4. The van der Waals surface area contributed by atoms with Crippen LogP contribution in [0.5, 0.6) is 11.5 Å². The molecule has 0 saturated heterocycles. The maximum absolute atomic E-state index is 12.7. The monoisotopic (exact) mass is 271 g/mol. The minimum Gasteiger partial charge on any atom is -0.454 e. The van der Waals surface area contributed by atoms with Gasteiger partial charge in [-0.15, -0.1) is 0 Å². The molecule has 2 aromatic rings. The Morgan fingerprint density at radius 1 is 1.32 bits per heavy atom. The largest absolute Gasteiger partial charge is 0.454 e. The smallest absolute Gasteiger partial charge is 0.416 e. The first-order chi connectivity index (χ1) is 8.90. The molecule has 0 aliphatic rings. The molecule has 0 fully saturated rings. The van der Waals surface area contributed by atoms with Crippen LogP contribution in [0.2, 0.25) is 0 Å². The van der Waals surface area contributed by atoms with Crippen LogP contribution in [0.3, 0.4) is 0 Å². The van der Waals surface area contributed by atoms with Gasteiger partial charge in [0.2, 0.25) is 0 Å². The second-order valence-electron chi connectivity index (χ2n) is 3.97. The fourth-order valence-corrected chi connectivity index (χ4v) is 1.67. The third kappa shape index (κ3) is 3.05. The zero-order chi connectivity index (χ0) is 14.0. The van der Waals surface area contributed by atoms with Crippen LogP contribution in [0.25, 0.3) is 0 Å². The van der Waals surface area contributed by atoms with Crippen LogP contribution in [-0.2, 0) is 19.8 Å². The van der Waals surface area contributed by atoms with E-state index < -0.39 is 11.7 Å². The Balaban J connectivity index is 2.29. The Hall–Kier alpha value is -2.02. The maximum atomic E-state index is 12.7. The summed E-state index contributed by atoms with van der Waals surface area (Å²) in [5.41, 5.74) is 4.59. The van der Waals surface area contributed by atoms with Crippen molar-refractivity contribution in [1.29, 1.82) is 0 Å². The third-order valence-electron chi connectivity index (χ3n) is 2.52. The Morgan fingerprint density at radius 2 is 2.05 bits per heavy atom. The summed E-state index contributed by atoms with van der Waals surface area (Å²) in [7, 11) is 1.71. The van der Waals surface area contributed by atoms with E-state index in [9.17, 15) is 13.2 Å². The van der Waals surface area contributed by atoms with Crippen molar-refractivity contribution in [2.24, 2.45) is 12.8 Å². The molecule has 0 aliphatic carbocycles. The molecule has 2 N–H and O–H groups in total. The number of nitrogens with two attached hydrogens (primary N) is 1. The average molecular weight is 271 g/mol. The van der Waals surface area contributed by atoms with Gasteiger partial charge < -0.3 is 10.5 Å². The highest BCUT2D eigenvalue weighted by atomic mass is 19.4. The third-order valence-corrected chi connectivity index (χ3v) is 2.52. The maximum Gasteiger partial charge on any atom is 0.416 e. The summed E-state index contributed by atoms with van der Waals surface area (Å²) < 4.78 is 45.0. The van der Waals surface area contributed by atoms with Crippen molar-refractivity contribution in [1.82, 2.24) is 9.78 Å². The van der Waals surface area contributed by atoms with Crippen LogP contribution < -0.4 is 10.5 Å². The van der Waals surface area contributed by atoms with Crippen molar-refractivity contribution >= 4 is 0 Å². The van der Waals surface area contributed by atoms with Crippen LogP contribution in [0.1, 0.15) is 11.1 Å². The van der Waals surface area contributed by atoms with Crippen LogP contribution >= 0.6 is 0 Å². The molecule has 0 aliphatic heterocycles. The summed E-state index contributed by atoms with van der Waals surface area (Å²) in [4.78, 5) is 0. The van der Waals surface area contributed by atoms with Gasteiger partial charge in [-0.2, -0.15) is 18.3 Å². The normalized spacial score (nSPS) is 11.6. The lowest BCUT2D eigenvalue weighted by Crippen LogP contribution is -2.11. The molecule has 0 atom stereocenters. The van der Waals surface area contributed by atoms with Crippen molar-refractivity contribution in [3.63, 3.8) is 0 Å². The standard InChI is InChI=1S/C12H12F3N3O/c1-18-7-10(6-17-18)19-9-2-3-11(12(13,14)15)8(4-9)5-16/h2-4,6-7H,5,16H2,1H3. The van der Waals surface area contributed by atoms with E-state index in [4.69, 9.17) is 10.5 Å². The zero-order valence-corrected chi connectivity index (χ0v) is 10.1. The Kier molecular flexibility index (Phi) is 3.48. The lowest BCUT2D eigenvalue weighted by Gasteiger charge is -2.13. The van der Waals surface area contributed by atoms with Gasteiger partial charge >= 0.3 is 6.18 Å². The topological polar surface area (TPSA) is 53.1 Å². The predicted molar refractivity (Wildman–Crippen MR) is 62.6 cm³/mol. The number of hydrogen-bond donors (Lipinski definition) is 1. The van der Waals surface area contributed by atoms with Crippen molar-refractivity contribution in [2.45, 2.75) is 12.7 Å². The van der Waals surface area contributed by atoms with E-state index in [0.717, 1.165) is 6.07 Å². The van der Waals surface area contributed by atoms with Crippen molar-refractivity contribution in [3.8, 4) is 11.5 Å². The lowest BCUT2D eigenvalue weighted by atomic mass is 10.1. The summed E-state index contributed by atoms with van der Waals surface area (Å²) in [6.07, 6.45) is -1.33. The molecule has 1 aromatic heterocycles. The predicted octanol–water partition coefficient (Wildman–Crippen LogP) is 2.69. The Bertz CT molecular complexity index is 578. The van der Waals surface area contributed by atoms with E-state index >= 15 is 0 Å². The van der Waals surface area contributed by atoms with Crippen LogP contribution in [0.4, 0.5) is 13.2 Å². The SMILES string of the molecule is Cn1cc(Oc2ccc(C(F)(F)F)c(CN)c2)cn1. The van der Waals surface area contributed by atoms with Crippen molar-refractivity contribution in [2.75, 3.05) is 0 Å². The lowest BCUT2D eigenvalue weighted by molar-refractivity contribution is -0.138. The molecule has 2 rings (SSSR count). The highest BCUT2D eigenvalue weighted by Gasteiger charge is 2.33. The quantitative estimate of drug-likeness (QED) is 0.933. The van der Waals surface area contributed by atoms with Gasteiger partial charge in [0.05, 0.1) is 18.0 Å². The summed E-state index contributed by atoms with van der Waals surface area (Å²) >= 11 is 0. The number of halogens is 3. The van der Waals surface area contributed by atoms with Crippen LogP contribution in [-0.4, -0.2) is 9.78 Å². The molecule has 0 unspecified atom stereocenters. The number of aryl methyl sites for hydroxylation is 1. The first-order valence-corrected chi connectivity index (χ1v) is 5.47. The molecule has 1 aromatic carbocycles. The molecule has 0 spiro atoms. The van der Waals surface area contributed by atoms with Crippen LogP contribution in [0, 0.1) is 0 Å². The molecule has 0 amide bonds. The molecule has 0 bridgehead atoms. The fraction of sp³-hybridized carbons (Fsp3) is 0.250. The van der Waals surface area contributed by atoms with Gasteiger partial charge in [-0.25, -0.2) is 0 Å². The Labute approximate surface area is 107 Å². The number of rotatable bonds is 3. The molecule has 102 valence electrons. The van der Waals surface area contributed by atoms with Gasteiger partial charge in [-0.05, 0) is 23.8 Å². The molecule has 1 heterocycles. The molecular weight excluding hydrogens is 259 g/mol. The van der Waals surface area contributed by atoms with Gasteiger partial charge in [0, 0.05) is 13.6 Å². The number of hydrogen-bond acceptors (Lipinski definition) is 3. The highest BCUT2D eigenvalue weighted by molar-refractivity contribution is 5.39. The average Bonchev–Trinajstić information content (AvgIpc) is 2.73. The van der Waals surface area contributed by atoms with Gasteiger partial charge in [0.1, 0.15) is 5.75 Å². The van der Waals surface area contributed by atoms with E-state index in [1.807, 2.05) is 0 Å². The molecule has 0 radical (unpaired) electrons. The molecule has 19 heavy (non-hydrogen) atoms. The van der Waals surface area contributed by atoms with E-state index in [0.29, 0.717) is 11.5 Å². The van der Waals surface area contributed by atoms with E-state index in [2.05, 4.69) is 5.10 Å². The number of alkyl halides is 3. The molecule has 4 nitrogen and oxygen atoms in total.